The third kappa shape index (κ3) is 3.97. The minimum Gasteiger partial charge on any atom is -0.323 e. The number of nitrogens with two attached hydrogens (primary N) is 1. The molecule has 1 aliphatic heterocycles. The fraction of sp³-hybridized carbons (Fsp3) is 0.538. The van der Waals surface area contributed by atoms with Crippen LogP contribution >= 0.6 is 0 Å². The molecule has 1 unspecified atom stereocenters. The molecule has 1 fully saturated rings. The summed E-state index contributed by atoms with van der Waals surface area (Å²) in [6.45, 7) is 2.18. The molecule has 0 radical (unpaired) electrons. The van der Waals surface area contributed by atoms with Crippen LogP contribution in [0.3, 0.4) is 0 Å². The molecule has 1 heterocycles. The lowest BCUT2D eigenvalue weighted by molar-refractivity contribution is 0.179. The molecule has 1 aromatic rings. The molecule has 118 valence electrons. The van der Waals surface area contributed by atoms with Crippen LogP contribution in [0.15, 0.2) is 18.2 Å². The van der Waals surface area contributed by atoms with Crippen molar-refractivity contribution in [3.63, 3.8) is 0 Å². The van der Waals surface area contributed by atoms with Gasteiger partial charge in [-0.3, -0.25) is 4.90 Å². The quantitative estimate of drug-likeness (QED) is 0.880. The van der Waals surface area contributed by atoms with Crippen molar-refractivity contribution in [3.05, 3.63) is 35.4 Å². The maximum absolute atomic E-state index is 13.7. The molecule has 2 N–H and O–H groups in total. The molecule has 0 saturated carbocycles. The number of nitrogens with zero attached hydrogens (tertiary/aromatic N) is 2. The van der Waals surface area contributed by atoms with Gasteiger partial charge in [0.15, 0.2) is 11.6 Å². The van der Waals surface area contributed by atoms with Crippen molar-refractivity contribution < 1.29 is 17.2 Å². The van der Waals surface area contributed by atoms with Gasteiger partial charge < -0.3 is 5.73 Å². The minimum absolute atomic E-state index is 0.139. The Morgan fingerprint density at radius 1 is 1.24 bits per heavy atom. The van der Waals surface area contributed by atoms with Crippen LogP contribution in [-0.4, -0.2) is 56.6 Å². The molecule has 0 aromatic heterocycles. The van der Waals surface area contributed by atoms with Crippen LogP contribution in [0, 0.1) is 11.6 Å². The first-order valence-corrected chi connectivity index (χ1v) is 8.51. The van der Waals surface area contributed by atoms with Gasteiger partial charge in [-0.2, -0.15) is 4.31 Å². The topological polar surface area (TPSA) is 66.6 Å². The third-order valence-electron chi connectivity index (χ3n) is 3.64. The second-order valence-electron chi connectivity index (χ2n) is 5.21. The first kappa shape index (κ1) is 16.3. The number of rotatable bonds is 4. The van der Waals surface area contributed by atoms with E-state index in [0.717, 1.165) is 6.07 Å². The summed E-state index contributed by atoms with van der Waals surface area (Å²) in [5.74, 6) is -1.83. The Labute approximate surface area is 123 Å². The van der Waals surface area contributed by atoms with Gasteiger partial charge in [0.2, 0.25) is 10.0 Å². The zero-order valence-electron chi connectivity index (χ0n) is 11.8. The molecular weight excluding hydrogens is 300 g/mol. The summed E-state index contributed by atoms with van der Waals surface area (Å²) in [7, 11) is -3.18. The smallest absolute Gasteiger partial charge is 0.211 e. The summed E-state index contributed by atoms with van der Waals surface area (Å²) in [5, 5.41) is 0. The van der Waals surface area contributed by atoms with Crippen LogP contribution < -0.4 is 5.73 Å². The van der Waals surface area contributed by atoms with Crippen molar-refractivity contribution in [1.82, 2.24) is 9.21 Å². The van der Waals surface area contributed by atoms with Crippen molar-refractivity contribution in [2.75, 3.05) is 39.0 Å². The van der Waals surface area contributed by atoms with Gasteiger partial charge in [-0.05, 0) is 6.07 Å². The van der Waals surface area contributed by atoms with E-state index in [1.54, 1.807) is 0 Å². The summed E-state index contributed by atoms with van der Waals surface area (Å²) >= 11 is 0. The average molecular weight is 319 g/mol. The van der Waals surface area contributed by atoms with Gasteiger partial charge in [0.05, 0.1) is 6.26 Å². The lowest BCUT2D eigenvalue weighted by atomic mass is 10.1. The molecular formula is C13H19F2N3O2S. The van der Waals surface area contributed by atoms with E-state index in [4.69, 9.17) is 5.73 Å². The van der Waals surface area contributed by atoms with Gasteiger partial charge in [-0.25, -0.2) is 17.2 Å². The average Bonchev–Trinajstić information content (AvgIpc) is 2.41. The van der Waals surface area contributed by atoms with Crippen molar-refractivity contribution >= 4 is 10.0 Å². The molecule has 1 aliphatic rings. The number of hydrogen-bond donors (Lipinski definition) is 1. The van der Waals surface area contributed by atoms with Gasteiger partial charge in [0, 0.05) is 44.3 Å². The summed E-state index contributed by atoms with van der Waals surface area (Å²) in [6.07, 6.45) is 1.18. The third-order valence-corrected chi connectivity index (χ3v) is 4.94. The fourth-order valence-corrected chi connectivity index (χ4v) is 3.25. The van der Waals surface area contributed by atoms with Crippen LogP contribution in [0.1, 0.15) is 11.6 Å². The molecule has 0 spiro atoms. The van der Waals surface area contributed by atoms with E-state index in [2.05, 4.69) is 0 Å². The highest BCUT2D eigenvalue weighted by molar-refractivity contribution is 7.88. The largest absolute Gasteiger partial charge is 0.323 e. The summed E-state index contributed by atoms with van der Waals surface area (Å²) < 4.78 is 51.1. The highest BCUT2D eigenvalue weighted by Gasteiger charge is 2.25. The normalized spacial score (nSPS) is 19.6. The van der Waals surface area contributed by atoms with Gasteiger partial charge in [-0.1, -0.05) is 12.1 Å². The Morgan fingerprint density at radius 3 is 2.43 bits per heavy atom. The monoisotopic (exact) mass is 319 g/mol. The maximum atomic E-state index is 13.7. The fourth-order valence-electron chi connectivity index (χ4n) is 2.43. The molecule has 0 amide bonds. The summed E-state index contributed by atoms with van der Waals surface area (Å²) in [5.41, 5.74) is 6.08. The van der Waals surface area contributed by atoms with Gasteiger partial charge in [0.1, 0.15) is 0 Å². The van der Waals surface area contributed by atoms with Gasteiger partial charge >= 0.3 is 0 Å². The minimum atomic E-state index is -3.18. The van der Waals surface area contributed by atoms with Crippen LogP contribution in [0.4, 0.5) is 8.78 Å². The summed E-state index contributed by atoms with van der Waals surface area (Å²) in [6, 6.07) is 3.30. The molecule has 5 nitrogen and oxygen atoms in total. The Balaban J connectivity index is 1.96. The first-order valence-electron chi connectivity index (χ1n) is 6.66. The van der Waals surface area contributed by atoms with Crippen LogP contribution in [0.25, 0.3) is 0 Å². The van der Waals surface area contributed by atoms with E-state index in [9.17, 15) is 17.2 Å². The Hall–Kier alpha value is -1.09. The SMILES string of the molecule is CS(=O)(=O)N1CCN(CC(N)c2cccc(F)c2F)CC1. The zero-order chi connectivity index (χ0) is 15.6. The number of hydrogen-bond acceptors (Lipinski definition) is 4. The van der Waals surface area contributed by atoms with Crippen molar-refractivity contribution in [2.24, 2.45) is 5.73 Å². The summed E-state index contributed by atoms with van der Waals surface area (Å²) in [4.78, 5) is 1.96. The maximum Gasteiger partial charge on any atom is 0.211 e. The van der Waals surface area contributed by atoms with Crippen molar-refractivity contribution in [3.8, 4) is 0 Å². The van der Waals surface area contributed by atoms with E-state index in [1.165, 1.54) is 22.7 Å². The molecule has 1 atom stereocenters. The second-order valence-corrected chi connectivity index (χ2v) is 7.19. The standard InChI is InChI=1S/C13H19F2N3O2S/c1-21(19,20)18-7-5-17(6-8-18)9-12(16)10-3-2-4-11(14)13(10)15/h2-4,12H,5-9,16H2,1H3. The molecule has 0 bridgehead atoms. The lowest BCUT2D eigenvalue weighted by Crippen LogP contribution is -2.49. The number of halogens is 2. The van der Waals surface area contributed by atoms with Gasteiger partial charge in [-0.15, -0.1) is 0 Å². The Morgan fingerprint density at radius 2 is 1.86 bits per heavy atom. The molecule has 8 heteroatoms. The first-order chi connectivity index (χ1) is 9.79. The lowest BCUT2D eigenvalue weighted by Gasteiger charge is -2.34. The predicted octanol–water partition coefficient (Wildman–Crippen LogP) is 0.542. The second kappa shape index (κ2) is 6.35. The van der Waals surface area contributed by atoms with Crippen LogP contribution in [0.2, 0.25) is 0 Å². The predicted molar refractivity (Wildman–Crippen MR) is 76.1 cm³/mol. The molecule has 0 aliphatic carbocycles. The van der Waals surface area contributed by atoms with Crippen LogP contribution in [-0.2, 0) is 10.0 Å². The molecule has 2 rings (SSSR count). The van der Waals surface area contributed by atoms with Crippen molar-refractivity contribution in [2.45, 2.75) is 6.04 Å². The van der Waals surface area contributed by atoms with E-state index >= 15 is 0 Å². The zero-order valence-corrected chi connectivity index (χ0v) is 12.6. The Kier molecular flexibility index (Phi) is 4.92. The highest BCUT2D eigenvalue weighted by atomic mass is 32.2. The molecule has 21 heavy (non-hydrogen) atoms. The highest BCUT2D eigenvalue weighted by Crippen LogP contribution is 2.19. The van der Waals surface area contributed by atoms with Crippen LogP contribution in [0.5, 0.6) is 0 Å². The Bertz CT molecular complexity index is 601. The van der Waals surface area contributed by atoms with E-state index in [0.29, 0.717) is 32.7 Å². The number of benzene rings is 1. The van der Waals surface area contributed by atoms with E-state index in [1.807, 2.05) is 4.90 Å². The van der Waals surface area contributed by atoms with E-state index in [-0.39, 0.29) is 5.56 Å². The van der Waals surface area contributed by atoms with E-state index < -0.39 is 27.7 Å². The van der Waals surface area contributed by atoms with Gasteiger partial charge in [0.25, 0.3) is 0 Å². The molecule has 1 saturated heterocycles. The van der Waals surface area contributed by atoms with Crippen molar-refractivity contribution in [1.29, 1.82) is 0 Å². The number of sulfonamides is 1. The molecule has 1 aromatic carbocycles. The number of piperazine rings is 1.